The van der Waals surface area contributed by atoms with E-state index < -0.39 is 17.7 Å². The lowest BCUT2D eigenvalue weighted by Crippen LogP contribution is -2.15. The Morgan fingerprint density at radius 2 is 2.05 bits per heavy atom. The minimum atomic E-state index is -0.643. The van der Waals surface area contributed by atoms with Crippen molar-refractivity contribution in [2.45, 2.75) is 6.42 Å². The Balaban J connectivity index is 2.07. The zero-order valence-electron chi connectivity index (χ0n) is 9.66. The summed E-state index contributed by atoms with van der Waals surface area (Å²) in [5.41, 5.74) is 0.454. The molecule has 0 atom stereocenters. The molecule has 0 aliphatic carbocycles. The van der Waals surface area contributed by atoms with Gasteiger partial charge in [-0.2, -0.15) is 4.39 Å². The molecule has 2 aromatic rings. The monoisotopic (exact) mass is 282 g/mol. The van der Waals surface area contributed by atoms with Crippen LogP contribution in [-0.4, -0.2) is 10.9 Å². The van der Waals surface area contributed by atoms with Crippen molar-refractivity contribution in [3.8, 4) is 0 Å². The van der Waals surface area contributed by atoms with Gasteiger partial charge in [-0.1, -0.05) is 17.7 Å². The van der Waals surface area contributed by atoms with E-state index in [2.05, 4.69) is 10.3 Å². The number of hydrogen-bond acceptors (Lipinski definition) is 2. The van der Waals surface area contributed by atoms with Crippen molar-refractivity contribution >= 4 is 23.2 Å². The number of hydrogen-bond donors (Lipinski definition) is 1. The number of nitrogens with one attached hydrogen (secondary N) is 1. The molecule has 0 aliphatic heterocycles. The maximum atomic E-state index is 13.5. The van der Waals surface area contributed by atoms with Gasteiger partial charge in [-0.15, -0.1) is 0 Å². The molecule has 0 aliphatic rings. The van der Waals surface area contributed by atoms with Crippen LogP contribution in [0.1, 0.15) is 5.56 Å². The van der Waals surface area contributed by atoms with Gasteiger partial charge in [0.25, 0.3) is 0 Å². The summed E-state index contributed by atoms with van der Waals surface area (Å²) in [7, 11) is 0. The van der Waals surface area contributed by atoms with Gasteiger partial charge in [-0.3, -0.25) is 4.79 Å². The van der Waals surface area contributed by atoms with Crippen molar-refractivity contribution in [3.63, 3.8) is 0 Å². The maximum absolute atomic E-state index is 13.5. The fourth-order valence-corrected chi connectivity index (χ4v) is 1.75. The van der Waals surface area contributed by atoms with Crippen LogP contribution in [0.2, 0.25) is 5.02 Å². The highest BCUT2D eigenvalue weighted by Crippen LogP contribution is 2.19. The van der Waals surface area contributed by atoms with E-state index in [4.69, 9.17) is 11.6 Å². The van der Waals surface area contributed by atoms with E-state index in [-0.39, 0.29) is 17.0 Å². The minimum Gasteiger partial charge on any atom is -0.324 e. The van der Waals surface area contributed by atoms with Crippen LogP contribution in [0.5, 0.6) is 0 Å². The van der Waals surface area contributed by atoms with Crippen LogP contribution in [0.25, 0.3) is 0 Å². The largest absolute Gasteiger partial charge is 0.324 e. The van der Waals surface area contributed by atoms with Crippen molar-refractivity contribution in [2.24, 2.45) is 0 Å². The fraction of sp³-hybridized carbons (Fsp3) is 0.0769. The molecule has 1 heterocycles. The Labute approximate surface area is 113 Å². The number of carbonyl (C=O) groups is 1. The summed E-state index contributed by atoms with van der Waals surface area (Å²) in [5.74, 6) is -1.64. The molecule has 1 amide bonds. The normalized spacial score (nSPS) is 10.3. The van der Waals surface area contributed by atoms with Crippen LogP contribution in [0, 0.1) is 11.8 Å². The first-order chi connectivity index (χ1) is 9.06. The number of rotatable bonds is 3. The first-order valence-corrected chi connectivity index (χ1v) is 5.78. The van der Waals surface area contributed by atoms with E-state index in [1.54, 1.807) is 0 Å². The van der Waals surface area contributed by atoms with Crippen LogP contribution < -0.4 is 5.32 Å². The van der Waals surface area contributed by atoms with E-state index in [0.717, 1.165) is 6.07 Å². The summed E-state index contributed by atoms with van der Waals surface area (Å²) in [5, 5.41) is 2.67. The topological polar surface area (TPSA) is 42.0 Å². The van der Waals surface area contributed by atoms with Crippen LogP contribution in [0.4, 0.5) is 14.5 Å². The molecule has 19 heavy (non-hydrogen) atoms. The summed E-state index contributed by atoms with van der Waals surface area (Å²) in [6, 6.07) is 6.68. The highest BCUT2D eigenvalue weighted by atomic mass is 35.5. The molecule has 0 saturated heterocycles. The van der Waals surface area contributed by atoms with E-state index in [1.807, 2.05) is 0 Å². The second-order valence-electron chi connectivity index (χ2n) is 3.79. The molecular formula is C13H9ClF2N2O. The minimum absolute atomic E-state index is 0.122. The van der Waals surface area contributed by atoms with E-state index in [1.165, 1.54) is 30.5 Å². The Bertz CT molecular complexity index is 582. The molecule has 0 fully saturated rings. The van der Waals surface area contributed by atoms with Crippen molar-refractivity contribution < 1.29 is 13.6 Å². The zero-order valence-corrected chi connectivity index (χ0v) is 10.4. The standard InChI is InChI=1S/C13H9ClF2N2O/c14-10-2-1-3-11(15)9(10)6-13(19)18-8-4-5-12(16)17-7-8/h1-5,7H,6H2,(H,18,19). The quantitative estimate of drug-likeness (QED) is 0.879. The van der Waals surface area contributed by atoms with Crippen molar-refractivity contribution in [1.82, 2.24) is 4.98 Å². The number of nitrogens with zero attached hydrogens (tertiary/aromatic N) is 1. The third-order valence-electron chi connectivity index (χ3n) is 2.41. The Morgan fingerprint density at radius 1 is 1.26 bits per heavy atom. The number of pyridine rings is 1. The van der Waals surface area contributed by atoms with Gasteiger partial charge in [0, 0.05) is 10.6 Å². The van der Waals surface area contributed by atoms with Crippen molar-refractivity contribution in [3.05, 3.63) is 58.9 Å². The lowest BCUT2D eigenvalue weighted by atomic mass is 10.1. The van der Waals surface area contributed by atoms with Crippen LogP contribution in [-0.2, 0) is 11.2 Å². The number of benzene rings is 1. The summed E-state index contributed by atoms with van der Waals surface area (Å²) in [6.45, 7) is 0. The summed E-state index contributed by atoms with van der Waals surface area (Å²) < 4.78 is 26.1. The highest BCUT2D eigenvalue weighted by Gasteiger charge is 2.12. The lowest BCUT2D eigenvalue weighted by molar-refractivity contribution is -0.115. The average molecular weight is 283 g/mol. The highest BCUT2D eigenvalue weighted by molar-refractivity contribution is 6.31. The van der Waals surface area contributed by atoms with Crippen molar-refractivity contribution in [2.75, 3.05) is 5.32 Å². The van der Waals surface area contributed by atoms with Gasteiger partial charge in [0.15, 0.2) is 0 Å². The fourth-order valence-electron chi connectivity index (χ4n) is 1.52. The average Bonchev–Trinajstić information content (AvgIpc) is 2.37. The number of amides is 1. The maximum Gasteiger partial charge on any atom is 0.229 e. The van der Waals surface area contributed by atoms with Gasteiger partial charge in [-0.25, -0.2) is 9.37 Å². The van der Waals surface area contributed by atoms with Crippen LogP contribution in [0.3, 0.4) is 0 Å². The zero-order chi connectivity index (χ0) is 13.8. The van der Waals surface area contributed by atoms with Gasteiger partial charge in [0.2, 0.25) is 11.9 Å². The van der Waals surface area contributed by atoms with Crippen LogP contribution in [0.15, 0.2) is 36.5 Å². The van der Waals surface area contributed by atoms with Gasteiger partial charge in [-0.05, 0) is 24.3 Å². The molecular weight excluding hydrogens is 274 g/mol. The van der Waals surface area contributed by atoms with E-state index >= 15 is 0 Å². The smallest absolute Gasteiger partial charge is 0.229 e. The Morgan fingerprint density at radius 3 is 2.68 bits per heavy atom. The Kier molecular flexibility index (Phi) is 4.06. The molecule has 3 nitrogen and oxygen atoms in total. The predicted octanol–water partition coefficient (Wildman–Crippen LogP) is 3.19. The molecule has 2 rings (SSSR count). The molecule has 0 radical (unpaired) electrons. The summed E-state index contributed by atoms with van der Waals surface area (Å²) in [4.78, 5) is 15.1. The molecule has 1 N–H and O–H groups in total. The van der Waals surface area contributed by atoms with E-state index in [0.29, 0.717) is 5.69 Å². The number of carbonyl (C=O) groups excluding carboxylic acids is 1. The lowest BCUT2D eigenvalue weighted by Gasteiger charge is -2.07. The molecule has 0 unspecified atom stereocenters. The molecule has 0 bridgehead atoms. The molecule has 0 spiro atoms. The van der Waals surface area contributed by atoms with Gasteiger partial charge < -0.3 is 5.32 Å². The van der Waals surface area contributed by atoms with Crippen LogP contribution >= 0.6 is 11.6 Å². The summed E-state index contributed by atoms with van der Waals surface area (Å²) >= 11 is 5.82. The van der Waals surface area contributed by atoms with Gasteiger partial charge in [0.1, 0.15) is 5.82 Å². The second kappa shape index (κ2) is 5.75. The molecule has 98 valence electrons. The van der Waals surface area contributed by atoms with Crippen molar-refractivity contribution in [1.29, 1.82) is 0 Å². The van der Waals surface area contributed by atoms with Gasteiger partial charge >= 0.3 is 0 Å². The molecule has 1 aromatic carbocycles. The Hall–Kier alpha value is -2.01. The van der Waals surface area contributed by atoms with E-state index in [9.17, 15) is 13.6 Å². The number of anilines is 1. The first kappa shape index (κ1) is 13.4. The third kappa shape index (κ3) is 3.48. The second-order valence-corrected chi connectivity index (χ2v) is 4.20. The molecule has 6 heteroatoms. The van der Waals surface area contributed by atoms with Gasteiger partial charge in [0.05, 0.1) is 18.3 Å². The SMILES string of the molecule is O=C(Cc1c(F)cccc1Cl)Nc1ccc(F)nc1. The number of aromatic nitrogens is 1. The third-order valence-corrected chi connectivity index (χ3v) is 2.76. The first-order valence-electron chi connectivity index (χ1n) is 5.40. The molecule has 1 aromatic heterocycles. The molecule has 0 saturated carbocycles. The number of halogens is 3. The summed E-state index contributed by atoms with van der Waals surface area (Å²) in [6.07, 6.45) is 0.971. The predicted molar refractivity (Wildman–Crippen MR) is 67.9 cm³/mol.